The summed E-state index contributed by atoms with van der Waals surface area (Å²) in [5.74, 6) is -0.0403. The molecular weight excluding hydrogens is 362 g/mol. The lowest BCUT2D eigenvalue weighted by atomic mass is 10.1. The van der Waals surface area contributed by atoms with E-state index in [2.05, 4.69) is 72.4 Å². The third kappa shape index (κ3) is 3.75. The number of aryl methyl sites for hydroxylation is 3. The summed E-state index contributed by atoms with van der Waals surface area (Å²) in [7, 11) is 0. The number of hydrogen-bond donors (Lipinski definition) is 0. The monoisotopic (exact) mass is 389 g/mol. The van der Waals surface area contributed by atoms with Crippen molar-refractivity contribution in [2.75, 3.05) is 31.1 Å². The summed E-state index contributed by atoms with van der Waals surface area (Å²) < 4.78 is 1.75. The van der Waals surface area contributed by atoms with E-state index in [-0.39, 0.29) is 5.91 Å². The maximum absolute atomic E-state index is 13.1. The van der Waals surface area contributed by atoms with Crippen molar-refractivity contribution in [3.05, 3.63) is 70.5 Å². The van der Waals surface area contributed by atoms with Crippen LogP contribution < -0.4 is 4.90 Å². The van der Waals surface area contributed by atoms with E-state index in [1.807, 2.05) is 17.9 Å². The predicted molar refractivity (Wildman–Crippen MR) is 115 cm³/mol. The lowest BCUT2D eigenvalue weighted by Crippen LogP contribution is -2.49. The summed E-state index contributed by atoms with van der Waals surface area (Å²) in [6.45, 7) is 11.2. The number of anilines is 1. The minimum Gasteiger partial charge on any atom is -0.368 e. The molecule has 1 fully saturated rings. The minimum absolute atomic E-state index is 0.0403. The maximum atomic E-state index is 13.1. The Morgan fingerprint density at radius 3 is 2.31 bits per heavy atom. The first-order valence-electron chi connectivity index (χ1n) is 10.0. The zero-order valence-electron chi connectivity index (χ0n) is 17.5. The third-order valence-corrected chi connectivity index (χ3v) is 5.77. The van der Waals surface area contributed by atoms with E-state index >= 15 is 0 Å². The zero-order valence-corrected chi connectivity index (χ0v) is 17.5. The fraction of sp³-hybridized carbons (Fsp3) is 0.348. The lowest BCUT2D eigenvalue weighted by molar-refractivity contribution is 0.0740. The number of nitrogens with zero attached hydrogens (tertiary/aromatic N) is 5. The van der Waals surface area contributed by atoms with Crippen LogP contribution in [0.15, 0.2) is 42.5 Å². The van der Waals surface area contributed by atoms with Crippen LogP contribution in [0.25, 0.3) is 5.69 Å². The summed E-state index contributed by atoms with van der Waals surface area (Å²) in [6, 6.07) is 14.7. The van der Waals surface area contributed by atoms with E-state index in [4.69, 9.17) is 0 Å². The van der Waals surface area contributed by atoms with Crippen LogP contribution in [0.5, 0.6) is 0 Å². The van der Waals surface area contributed by atoms with Crippen molar-refractivity contribution < 1.29 is 4.79 Å². The van der Waals surface area contributed by atoms with Gasteiger partial charge in [-0.15, -0.1) is 5.10 Å². The van der Waals surface area contributed by atoms with Gasteiger partial charge in [0.15, 0.2) is 5.69 Å². The highest BCUT2D eigenvalue weighted by molar-refractivity contribution is 5.93. The number of amides is 1. The van der Waals surface area contributed by atoms with Gasteiger partial charge in [0.2, 0.25) is 0 Å². The van der Waals surface area contributed by atoms with E-state index in [1.165, 1.54) is 22.4 Å². The van der Waals surface area contributed by atoms with Crippen molar-refractivity contribution in [2.45, 2.75) is 27.7 Å². The van der Waals surface area contributed by atoms with Gasteiger partial charge in [0.25, 0.3) is 5.91 Å². The van der Waals surface area contributed by atoms with Crippen molar-refractivity contribution in [2.24, 2.45) is 0 Å². The molecule has 6 nitrogen and oxygen atoms in total. The molecule has 1 aliphatic heterocycles. The molecule has 150 valence electrons. The Morgan fingerprint density at radius 2 is 1.62 bits per heavy atom. The fourth-order valence-corrected chi connectivity index (χ4v) is 3.77. The average Bonchev–Trinajstić information content (AvgIpc) is 3.11. The molecule has 0 atom stereocenters. The van der Waals surface area contributed by atoms with Crippen LogP contribution in [0.1, 0.15) is 32.9 Å². The molecule has 3 aromatic rings. The van der Waals surface area contributed by atoms with Crippen molar-refractivity contribution in [1.29, 1.82) is 0 Å². The number of rotatable bonds is 3. The van der Waals surface area contributed by atoms with Crippen LogP contribution in [0.4, 0.5) is 5.69 Å². The van der Waals surface area contributed by atoms with E-state index in [0.717, 1.165) is 24.5 Å². The van der Waals surface area contributed by atoms with Gasteiger partial charge in [-0.25, -0.2) is 4.68 Å². The molecule has 1 amide bonds. The van der Waals surface area contributed by atoms with Crippen LogP contribution in [-0.2, 0) is 0 Å². The first-order valence-corrected chi connectivity index (χ1v) is 10.0. The summed E-state index contributed by atoms with van der Waals surface area (Å²) in [5.41, 5.74) is 7.04. The van der Waals surface area contributed by atoms with Gasteiger partial charge in [0.1, 0.15) is 0 Å². The minimum atomic E-state index is -0.0403. The maximum Gasteiger partial charge on any atom is 0.276 e. The van der Waals surface area contributed by atoms with E-state index < -0.39 is 0 Å². The Bertz CT molecular complexity index is 1050. The van der Waals surface area contributed by atoms with Gasteiger partial charge in [-0.2, -0.15) is 0 Å². The van der Waals surface area contributed by atoms with Gasteiger partial charge < -0.3 is 9.80 Å². The van der Waals surface area contributed by atoms with Crippen LogP contribution >= 0.6 is 0 Å². The molecule has 4 rings (SSSR count). The molecule has 2 aromatic carbocycles. The molecule has 0 saturated carbocycles. The summed E-state index contributed by atoms with van der Waals surface area (Å²) >= 11 is 0. The predicted octanol–water partition coefficient (Wildman–Crippen LogP) is 3.46. The summed E-state index contributed by atoms with van der Waals surface area (Å²) in [5, 5.41) is 8.47. The van der Waals surface area contributed by atoms with Gasteiger partial charge in [-0.1, -0.05) is 23.4 Å². The Hall–Kier alpha value is -3.15. The summed E-state index contributed by atoms with van der Waals surface area (Å²) in [6.07, 6.45) is 0. The SMILES string of the molecule is Cc1cccc(N2CCN(C(=O)c3nnn(-c4ccc(C)c(C)c4)c3C)CC2)c1. The van der Waals surface area contributed by atoms with Crippen molar-refractivity contribution in [3.8, 4) is 5.69 Å². The quantitative estimate of drug-likeness (QED) is 0.688. The Balaban J connectivity index is 1.48. The van der Waals surface area contributed by atoms with Gasteiger partial charge in [0.05, 0.1) is 11.4 Å². The molecule has 1 saturated heterocycles. The van der Waals surface area contributed by atoms with Crippen LogP contribution in [-0.4, -0.2) is 52.0 Å². The Labute approximate surface area is 171 Å². The molecule has 0 N–H and O–H groups in total. The van der Waals surface area contributed by atoms with Gasteiger partial charge in [-0.05, 0) is 68.7 Å². The fourth-order valence-electron chi connectivity index (χ4n) is 3.77. The number of aromatic nitrogens is 3. The third-order valence-electron chi connectivity index (χ3n) is 5.77. The number of benzene rings is 2. The number of carbonyl (C=O) groups is 1. The number of hydrogen-bond acceptors (Lipinski definition) is 4. The first kappa shape index (κ1) is 19.2. The second-order valence-electron chi connectivity index (χ2n) is 7.82. The van der Waals surface area contributed by atoms with Gasteiger partial charge in [-0.3, -0.25) is 4.79 Å². The molecule has 1 aromatic heterocycles. The highest BCUT2D eigenvalue weighted by Crippen LogP contribution is 2.20. The molecular formula is C23H27N5O. The molecule has 0 aliphatic carbocycles. The summed E-state index contributed by atoms with van der Waals surface area (Å²) in [4.78, 5) is 17.3. The Kier molecular flexibility index (Phi) is 5.09. The first-order chi connectivity index (χ1) is 13.9. The van der Waals surface area contributed by atoms with Crippen LogP contribution in [0, 0.1) is 27.7 Å². The number of piperazine rings is 1. The largest absolute Gasteiger partial charge is 0.368 e. The van der Waals surface area contributed by atoms with E-state index in [1.54, 1.807) is 4.68 Å². The molecule has 0 bridgehead atoms. The molecule has 29 heavy (non-hydrogen) atoms. The average molecular weight is 390 g/mol. The second kappa shape index (κ2) is 7.70. The van der Waals surface area contributed by atoms with Crippen LogP contribution in [0.2, 0.25) is 0 Å². The van der Waals surface area contributed by atoms with E-state index in [0.29, 0.717) is 18.8 Å². The molecule has 1 aliphatic rings. The standard InChI is InChI=1S/C23H27N5O/c1-16-6-5-7-20(14-16)26-10-12-27(13-11-26)23(29)22-19(4)28(25-24-22)21-9-8-17(2)18(3)15-21/h5-9,14-15H,10-13H2,1-4H3. The topological polar surface area (TPSA) is 54.3 Å². The zero-order chi connectivity index (χ0) is 20.5. The normalized spacial score (nSPS) is 14.3. The van der Waals surface area contributed by atoms with Crippen molar-refractivity contribution in [1.82, 2.24) is 19.9 Å². The van der Waals surface area contributed by atoms with Gasteiger partial charge >= 0.3 is 0 Å². The molecule has 0 radical (unpaired) electrons. The van der Waals surface area contributed by atoms with Crippen molar-refractivity contribution in [3.63, 3.8) is 0 Å². The lowest BCUT2D eigenvalue weighted by Gasteiger charge is -2.36. The van der Waals surface area contributed by atoms with Crippen LogP contribution in [0.3, 0.4) is 0 Å². The van der Waals surface area contributed by atoms with Crippen molar-refractivity contribution >= 4 is 11.6 Å². The highest BCUT2D eigenvalue weighted by Gasteiger charge is 2.26. The Morgan fingerprint density at radius 1 is 0.862 bits per heavy atom. The second-order valence-corrected chi connectivity index (χ2v) is 7.82. The molecule has 0 unspecified atom stereocenters. The molecule has 2 heterocycles. The molecule has 0 spiro atoms. The molecule has 6 heteroatoms. The number of carbonyl (C=O) groups excluding carboxylic acids is 1. The van der Waals surface area contributed by atoms with Gasteiger partial charge in [0, 0.05) is 31.9 Å². The smallest absolute Gasteiger partial charge is 0.276 e. The highest BCUT2D eigenvalue weighted by atomic mass is 16.2. The van der Waals surface area contributed by atoms with E-state index in [9.17, 15) is 4.79 Å².